The highest BCUT2D eigenvalue weighted by molar-refractivity contribution is 6.07. The van der Waals surface area contributed by atoms with Crippen LogP contribution < -0.4 is 10.6 Å². The van der Waals surface area contributed by atoms with E-state index < -0.39 is 0 Å². The van der Waals surface area contributed by atoms with E-state index in [2.05, 4.69) is 15.6 Å². The second-order valence-corrected chi connectivity index (χ2v) is 6.01. The molecule has 5 nitrogen and oxygen atoms in total. The highest BCUT2D eigenvalue weighted by Gasteiger charge is 2.17. The second kappa shape index (κ2) is 7.22. The van der Waals surface area contributed by atoms with Crippen molar-refractivity contribution in [2.24, 2.45) is 0 Å². The van der Waals surface area contributed by atoms with E-state index in [0.29, 0.717) is 5.69 Å². The number of benzene rings is 1. The molecule has 23 heavy (non-hydrogen) atoms. The van der Waals surface area contributed by atoms with Gasteiger partial charge in [-0.1, -0.05) is 37.5 Å². The number of carbonyl (C=O) groups is 2. The molecule has 120 valence electrons. The predicted octanol–water partition coefficient (Wildman–Crippen LogP) is 3.01. The van der Waals surface area contributed by atoms with Crippen LogP contribution in [0.5, 0.6) is 0 Å². The van der Waals surface area contributed by atoms with Gasteiger partial charge >= 0.3 is 0 Å². The molecule has 2 aromatic rings. The third-order valence-corrected chi connectivity index (χ3v) is 4.20. The Morgan fingerprint density at radius 1 is 1.04 bits per heavy atom. The SMILES string of the molecule is O=C(CC(=O)NC1CCCCC1)Nc1cccc2cccnc12. The van der Waals surface area contributed by atoms with Gasteiger partial charge in [-0.2, -0.15) is 0 Å². The van der Waals surface area contributed by atoms with E-state index in [1.165, 1.54) is 6.42 Å². The van der Waals surface area contributed by atoms with Crippen molar-refractivity contribution < 1.29 is 9.59 Å². The number of pyridine rings is 1. The Labute approximate surface area is 135 Å². The maximum Gasteiger partial charge on any atom is 0.233 e. The average molecular weight is 311 g/mol. The number of hydrogen-bond acceptors (Lipinski definition) is 3. The van der Waals surface area contributed by atoms with Crippen LogP contribution in [0.2, 0.25) is 0 Å². The van der Waals surface area contributed by atoms with Crippen LogP contribution in [0.3, 0.4) is 0 Å². The first-order chi connectivity index (χ1) is 11.2. The van der Waals surface area contributed by atoms with Crippen LogP contribution >= 0.6 is 0 Å². The van der Waals surface area contributed by atoms with Crippen molar-refractivity contribution in [1.82, 2.24) is 10.3 Å². The van der Waals surface area contributed by atoms with Crippen LogP contribution in [0.15, 0.2) is 36.5 Å². The summed E-state index contributed by atoms with van der Waals surface area (Å²) in [4.78, 5) is 28.4. The zero-order valence-electron chi connectivity index (χ0n) is 13.0. The van der Waals surface area contributed by atoms with E-state index in [1.54, 1.807) is 12.3 Å². The molecule has 0 spiro atoms. The predicted molar refractivity (Wildman–Crippen MR) is 90.0 cm³/mol. The van der Waals surface area contributed by atoms with Crippen molar-refractivity contribution in [3.63, 3.8) is 0 Å². The molecule has 0 bridgehead atoms. The van der Waals surface area contributed by atoms with Crippen LogP contribution in [0.4, 0.5) is 5.69 Å². The Hall–Kier alpha value is -2.43. The molecule has 3 rings (SSSR count). The molecule has 0 atom stereocenters. The molecule has 0 aliphatic heterocycles. The summed E-state index contributed by atoms with van der Waals surface area (Å²) in [5.74, 6) is -0.515. The van der Waals surface area contributed by atoms with Gasteiger partial charge in [0.1, 0.15) is 6.42 Å². The Morgan fingerprint density at radius 2 is 1.83 bits per heavy atom. The van der Waals surface area contributed by atoms with Gasteiger partial charge in [0.25, 0.3) is 0 Å². The number of nitrogens with one attached hydrogen (secondary N) is 2. The van der Waals surface area contributed by atoms with E-state index in [9.17, 15) is 9.59 Å². The lowest BCUT2D eigenvalue weighted by atomic mass is 9.95. The van der Waals surface area contributed by atoms with Crippen molar-refractivity contribution in [3.05, 3.63) is 36.5 Å². The fourth-order valence-corrected chi connectivity index (χ4v) is 3.07. The van der Waals surface area contributed by atoms with Gasteiger partial charge in [0.2, 0.25) is 11.8 Å². The molecule has 1 aliphatic rings. The average Bonchev–Trinajstić information content (AvgIpc) is 2.56. The minimum Gasteiger partial charge on any atom is -0.353 e. The number of nitrogens with zero attached hydrogens (tertiary/aromatic N) is 1. The molecule has 5 heteroatoms. The van der Waals surface area contributed by atoms with E-state index >= 15 is 0 Å². The van der Waals surface area contributed by atoms with E-state index in [1.807, 2.05) is 24.3 Å². The first-order valence-electron chi connectivity index (χ1n) is 8.15. The van der Waals surface area contributed by atoms with Crippen molar-refractivity contribution in [1.29, 1.82) is 0 Å². The number of aromatic nitrogens is 1. The fourth-order valence-electron chi connectivity index (χ4n) is 3.07. The molecule has 1 heterocycles. The topological polar surface area (TPSA) is 71.1 Å². The Morgan fingerprint density at radius 3 is 2.65 bits per heavy atom. The lowest BCUT2D eigenvalue weighted by molar-refractivity contribution is -0.127. The summed E-state index contributed by atoms with van der Waals surface area (Å²) in [5, 5.41) is 6.70. The lowest BCUT2D eigenvalue weighted by Gasteiger charge is -2.22. The Bertz CT molecular complexity index is 703. The number of rotatable bonds is 4. The van der Waals surface area contributed by atoms with Crippen LogP contribution in [-0.4, -0.2) is 22.8 Å². The summed E-state index contributed by atoms with van der Waals surface area (Å²) in [6.45, 7) is 0. The van der Waals surface area contributed by atoms with Gasteiger partial charge in [0.15, 0.2) is 0 Å². The van der Waals surface area contributed by atoms with Gasteiger partial charge in [-0.15, -0.1) is 0 Å². The molecule has 2 amide bonds. The number of para-hydroxylation sites is 1. The smallest absolute Gasteiger partial charge is 0.233 e. The minimum absolute atomic E-state index is 0.153. The monoisotopic (exact) mass is 311 g/mol. The van der Waals surface area contributed by atoms with Crippen molar-refractivity contribution >= 4 is 28.4 Å². The van der Waals surface area contributed by atoms with Crippen molar-refractivity contribution in [3.8, 4) is 0 Å². The lowest BCUT2D eigenvalue weighted by Crippen LogP contribution is -2.37. The summed E-state index contributed by atoms with van der Waals surface area (Å²) in [5.41, 5.74) is 1.37. The molecule has 0 unspecified atom stereocenters. The summed E-state index contributed by atoms with van der Waals surface area (Å²) < 4.78 is 0. The van der Waals surface area contributed by atoms with Crippen LogP contribution in [0.25, 0.3) is 10.9 Å². The molecule has 0 saturated heterocycles. The van der Waals surface area contributed by atoms with Crippen LogP contribution in [0, 0.1) is 0 Å². The molecule has 1 aliphatic carbocycles. The van der Waals surface area contributed by atoms with Gasteiger partial charge in [0, 0.05) is 17.6 Å². The van der Waals surface area contributed by atoms with Gasteiger partial charge in [-0.3, -0.25) is 14.6 Å². The molecule has 2 N–H and O–H groups in total. The maximum absolute atomic E-state index is 12.1. The van der Waals surface area contributed by atoms with Crippen LogP contribution in [0.1, 0.15) is 38.5 Å². The van der Waals surface area contributed by atoms with Gasteiger partial charge in [-0.05, 0) is 25.0 Å². The van der Waals surface area contributed by atoms with Gasteiger partial charge in [0.05, 0.1) is 11.2 Å². The van der Waals surface area contributed by atoms with E-state index in [-0.39, 0.29) is 24.3 Å². The van der Waals surface area contributed by atoms with Crippen molar-refractivity contribution in [2.45, 2.75) is 44.6 Å². The largest absolute Gasteiger partial charge is 0.353 e. The summed E-state index contributed by atoms with van der Waals surface area (Å²) in [7, 11) is 0. The van der Waals surface area contributed by atoms with E-state index in [4.69, 9.17) is 0 Å². The Balaban J connectivity index is 1.59. The summed E-state index contributed by atoms with van der Waals surface area (Å²) in [6, 6.07) is 9.62. The summed E-state index contributed by atoms with van der Waals surface area (Å²) in [6.07, 6.45) is 7.10. The number of carbonyl (C=O) groups excluding carboxylic acids is 2. The zero-order chi connectivity index (χ0) is 16.1. The first-order valence-corrected chi connectivity index (χ1v) is 8.15. The molecule has 1 saturated carbocycles. The molecular weight excluding hydrogens is 290 g/mol. The number of fused-ring (bicyclic) bond motifs is 1. The molecule has 1 aromatic carbocycles. The number of amides is 2. The van der Waals surface area contributed by atoms with Gasteiger partial charge < -0.3 is 10.6 Å². The normalized spacial score (nSPS) is 15.3. The fraction of sp³-hybridized carbons (Fsp3) is 0.389. The molecule has 1 aromatic heterocycles. The number of anilines is 1. The first kappa shape index (κ1) is 15.5. The Kier molecular flexibility index (Phi) is 4.86. The third kappa shape index (κ3) is 4.06. The number of hydrogen-bond donors (Lipinski definition) is 2. The van der Waals surface area contributed by atoms with Crippen molar-refractivity contribution in [2.75, 3.05) is 5.32 Å². The highest BCUT2D eigenvalue weighted by Crippen LogP contribution is 2.21. The highest BCUT2D eigenvalue weighted by atomic mass is 16.2. The standard InChI is InChI=1S/C18H21N3O2/c22-16(20-14-8-2-1-3-9-14)12-17(23)21-15-10-4-6-13-7-5-11-19-18(13)15/h4-7,10-11,14H,1-3,8-9,12H2,(H,20,22)(H,21,23). The quantitative estimate of drug-likeness (QED) is 0.853. The second-order valence-electron chi connectivity index (χ2n) is 6.01. The van der Waals surface area contributed by atoms with Crippen LogP contribution in [-0.2, 0) is 9.59 Å². The van der Waals surface area contributed by atoms with E-state index in [0.717, 1.165) is 36.6 Å². The minimum atomic E-state index is -0.309. The molecule has 1 fully saturated rings. The zero-order valence-corrected chi connectivity index (χ0v) is 13.0. The summed E-state index contributed by atoms with van der Waals surface area (Å²) >= 11 is 0. The van der Waals surface area contributed by atoms with Gasteiger partial charge in [-0.25, -0.2) is 0 Å². The molecule has 0 radical (unpaired) electrons. The third-order valence-electron chi connectivity index (χ3n) is 4.20. The molecular formula is C18H21N3O2. The maximum atomic E-state index is 12.1.